The fraction of sp³-hybridized carbons (Fsp3) is 0.333. The number of carbonyl (C=O) groups is 2. The standard InChI is InChI=1S/C18H19N5O4/c19-17(25)12-9-11(20-21-12)13-5-3-4-8-22(13)16(24)10-23-14-6-1-2-7-15(14)27-18(23)26/h1-2,6-7,9,13H,3-5,8,10H2,(H2,19,25)(H,20,21). The van der Waals surface area contributed by atoms with Crippen LogP contribution in [0.15, 0.2) is 39.5 Å². The number of carbonyl (C=O) groups excluding carboxylic acids is 2. The molecule has 1 aliphatic rings. The van der Waals surface area contributed by atoms with Gasteiger partial charge in [-0.2, -0.15) is 5.10 Å². The van der Waals surface area contributed by atoms with Crippen molar-refractivity contribution in [3.05, 3.63) is 52.3 Å². The molecular weight excluding hydrogens is 350 g/mol. The second kappa shape index (κ2) is 6.75. The highest BCUT2D eigenvalue weighted by Crippen LogP contribution is 2.30. The number of nitrogens with one attached hydrogen (secondary N) is 1. The van der Waals surface area contributed by atoms with E-state index in [4.69, 9.17) is 10.2 Å². The molecular formula is C18H19N5O4. The number of hydrogen-bond donors (Lipinski definition) is 2. The number of primary amides is 1. The highest BCUT2D eigenvalue weighted by atomic mass is 16.4. The van der Waals surface area contributed by atoms with E-state index < -0.39 is 11.7 Å². The molecule has 4 rings (SSSR count). The van der Waals surface area contributed by atoms with Gasteiger partial charge in [0, 0.05) is 6.54 Å². The molecule has 1 unspecified atom stereocenters. The van der Waals surface area contributed by atoms with Gasteiger partial charge < -0.3 is 15.1 Å². The van der Waals surface area contributed by atoms with Crippen LogP contribution in [0.5, 0.6) is 0 Å². The minimum atomic E-state index is -0.623. The van der Waals surface area contributed by atoms with Crippen LogP contribution >= 0.6 is 0 Å². The first-order valence-corrected chi connectivity index (χ1v) is 8.77. The molecule has 2 aromatic heterocycles. The van der Waals surface area contributed by atoms with Crippen molar-refractivity contribution in [2.24, 2.45) is 5.73 Å². The van der Waals surface area contributed by atoms with Crippen LogP contribution < -0.4 is 11.5 Å². The summed E-state index contributed by atoms with van der Waals surface area (Å²) < 4.78 is 6.54. The number of para-hydroxylation sites is 2. The van der Waals surface area contributed by atoms with E-state index in [-0.39, 0.29) is 24.2 Å². The maximum Gasteiger partial charge on any atom is 0.420 e. The van der Waals surface area contributed by atoms with Crippen LogP contribution in [0, 0.1) is 0 Å². The molecule has 3 N–H and O–H groups in total. The van der Waals surface area contributed by atoms with E-state index in [0.29, 0.717) is 23.3 Å². The van der Waals surface area contributed by atoms with Gasteiger partial charge in [0.1, 0.15) is 12.2 Å². The predicted molar refractivity (Wildman–Crippen MR) is 95.9 cm³/mol. The number of nitrogens with zero attached hydrogens (tertiary/aromatic N) is 3. The lowest BCUT2D eigenvalue weighted by molar-refractivity contribution is -0.135. The maximum atomic E-state index is 13.0. The topological polar surface area (TPSA) is 127 Å². The zero-order chi connectivity index (χ0) is 19.0. The highest BCUT2D eigenvalue weighted by molar-refractivity contribution is 5.90. The maximum absolute atomic E-state index is 13.0. The Morgan fingerprint density at radius 3 is 2.89 bits per heavy atom. The SMILES string of the molecule is NC(=O)c1cc(C2CCCCN2C(=O)Cn2c(=O)oc3ccccc32)[nH]n1. The average molecular weight is 369 g/mol. The van der Waals surface area contributed by atoms with Crippen molar-refractivity contribution in [3.63, 3.8) is 0 Å². The van der Waals surface area contributed by atoms with Crippen LogP contribution in [-0.4, -0.2) is 38.0 Å². The number of oxazole rings is 1. The van der Waals surface area contributed by atoms with Crippen molar-refractivity contribution in [1.82, 2.24) is 19.7 Å². The summed E-state index contributed by atoms with van der Waals surface area (Å²) in [5.74, 6) is -1.37. The van der Waals surface area contributed by atoms with Gasteiger partial charge in [-0.25, -0.2) is 4.79 Å². The van der Waals surface area contributed by atoms with Crippen molar-refractivity contribution in [1.29, 1.82) is 0 Å². The molecule has 1 atom stereocenters. The minimum absolute atomic E-state index is 0.108. The Hall–Kier alpha value is -3.36. The fourth-order valence-corrected chi connectivity index (χ4v) is 3.58. The molecule has 9 nitrogen and oxygen atoms in total. The van der Waals surface area contributed by atoms with E-state index >= 15 is 0 Å². The fourth-order valence-electron chi connectivity index (χ4n) is 3.58. The van der Waals surface area contributed by atoms with Crippen molar-refractivity contribution < 1.29 is 14.0 Å². The second-order valence-corrected chi connectivity index (χ2v) is 6.59. The monoisotopic (exact) mass is 369 g/mol. The first-order valence-electron chi connectivity index (χ1n) is 8.77. The molecule has 2 amide bonds. The summed E-state index contributed by atoms with van der Waals surface area (Å²) in [6, 6.07) is 8.34. The summed E-state index contributed by atoms with van der Waals surface area (Å²) in [5.41, 5.74) is 7.10. The average Bonchev–Trinajstić information content (AvgIpc) is 3.27. The van der Waals surface area contributed by atoms with Crippen LogP contribution in [0.2, 0.25) is 0 Å². The van der Waals surface area contributed by atoms with E-state index in [1.165, 1.54) is 4.57 Å². The zero-order valence-corrected chi connectivity index (χ0v) is 14.6. The number of amides is 2. The first kappa shape index (κ1) is 17.1. The van der Waals surface area contributed by atoms with Crippen LogP contribution in [-0.2, 0) is 11.3 Å². The summed E-state index contributed by atoms with van der Waals surface area (Å²) in [6.07, 6.45) is 2.57. The largest absolute Gasteiger partial charge is 0.420 e. The van der Waals surface area contributed by atoms with Crippen molar-refractivity contribution in [2.45, 2.75) is 31.8 Å². The second-order valence-electron chi connectivity index (χ2n) is 6.59. The lowest BCUT2D eigenvalue weighted by atomic mass is 9.99. The summed E-state index contributed by atoms with van der Waals surface area (Å²) in [5, 5.41) is 6.72. The molecule has 9 heteroatoms. The molecule has 0 saturated carbocycles. The van der Waals surface area contributed by atoms with Gasteiger partial charge in [-0.15, -0.1) is 0 Å². The number of hydrogen-bond acceptors (Lipinski definition) is 5. The zero-order valence-electron chi connectivity index (χ0n) is 14.6. The third-order valence-electron chi connectivity index (χ3n) is 4.90. The van der Waals surface area contributed by atoms with Gasteiger partial charge in [-0.3, -0.25) is 19.3 Å². The first-order chi connectivity index (χ1) is 13.0. The lowest BCUT2D eigenvalue weighted by Crippen LogP contribution is -2.41. The predicted octanol–water partition coefficient (Wildman–Crippen LogP) is 1.17. The molecule has 0 radical (unpaired) electrons. The number of aromatic nitrogens is 3. The molecule has 0 bridgehead atoms. The number of benzene rings is 1. The van der Waals surface area contributed by atoms with Gasteiger partial charge >= 0.3 is 5.76 Å². The highest BCUT2D eigenvalue weighted by Gasteiger charge is 2.30. The Morgan fingerprint density at radius 2 is 2.11 bits per heavy atom. The molecule has 1 saturated heterocycles. The third-order valence-corrected chi connectivity index (χ3v) is 4.90. The molecule has 3 aromatic rings. The van der Waals surface area contributed by atoms with Crippen molar-refractivity contribution >= 4 is 22.9 Å². The van der Waals surface area contributed by atoms with E-state index in [1.807, 2.05) is 0 Å². The molecule has 1 aliphatic heterocycles. The van der Waals surface area contributed by atoms with E-state index in [0.717, 1.165) is 19.3 Å². The molecule has 27 heavy (non-hydrogen) atoms. The van der Waals surface area contributed by atoms with E-state index in [9.17, 15) is 14.4 Å². The molecule has 0 aliphatic carbocycles. The Balaban J connectivity index is 1.61. The Bertz CT molecular complexity index is 1060. The molecule has 140 valence electrons. The molecule has 1 aromatic carbocycles. The van der Waals surface area contributed by atoms with Crippen molar-refractivity contribution in [2.75, 3.05) is 6.54 Å². The number of nitrogens with two attached hydrogens (primary N) is 1. The smallest absolute Gasteiger partial charge is 0.408 e. The van der Waals surface area contributed by atoms with Gasteiger partial charge in [-0.1, -0.05) is 12.1 Å². The minimum Gasteiger partial charge on any atom is -0.408 e. The Morgan fingerprint density at radius 1 is 1.30 bits per heavy atom. The van der Waals surface area contributed by atoms with Crippen molar-refractivity contribution in [3.8, 4) is 0 Å². The molecule has 0 spiro atoms. The Kier molecular flexibility index (Phi) is 4.27. The number of H-pyrrole nitrogens is 1. The summed E-state index contributed by atoms with van der Waals surface area (Å²) >= 11 is 0. The van der Waals surface area contributed by atoms with Gasteiger partial charge in [0.15, 0.2) is 5.58 Å². The molecule has 1 fully saturated rings. The van der Waals surface area contributed by atoms with Crippen LogP contribution in [0.1, 0.15) is 41.5 Å². The number of fused-ring (bicyclic) bond motifs is 1. The number of likely N-dealkylation sites (tertiary alicyclic amines) is 1. The normalized spacial score (nSPS) is 17.3. The Labute approximate surface area is 153 Å². The van der Waals surface area contributed by atoms with Gasteiger partial charge in [-0.05, 0) is 37.5 Å². The quantitative estimate of drug-likeness (QED) is 0.713. The number of piperidine rings is 1. The van der Waals surface area contributed by atoms with Gasteiger partial charge in [0.2, 0.25) is 5.91 Å². The summed E-state index contributed by atoms with van der Waals surface area (Å²) in [7, 11) is 0. The number of aromatic amines is 1. The summed E-state index contributed by atoms with van der Waals surface area (Å²) in [4.78, 5) is 38.1. The molecule has 3 heterocycles. The van der Waals surface area contributed by atoms with E-state index in [2.05, 4.69) is 10.2 Å². The van der Waals surface area contributed by atoms with Crippen LogP contribution in [0.4, 0.5) is 0 Å². The lowest BCUT2D eigenvalue weighted by Gasteiger charge is -2.35. The van der Waals surface area contributed by atoms with Crippen LogP contribution in [0.25, 0.3) is 11.1 Å². The van der Waals surface area contributed by atoms with Gasteiger partial charge in [0.05, 0.1) is 17.3 Å². The van der Waals surface area contributed by atoms with E-state index in [1.54, 1.807) is 35.2 Å². The number of rotatable bonds is 4. The summed E-state index contributed by atoms with van der Waals surface area (Å²) in [6.45, 7) is 0.460. The van der Waals surface area contributed by atoms with Crippen LogP contribution in [0.3, 0.4) is 0 Å². The third kappa shape index (κ3) is 3.12. The van der Waals surface area contributed by atoms with Gasteiger partial charge in [0.25, 0.3) is 5.91 Å².